The van der Waals surface area contributed by atoms with Crippen molar-refractivity contribution in [3.8, 4) is 0 Å². The first-order chi connectivity index (χ1) is 9.33. The molecule has 1 atom stereocenters. The molecule has 6 nitrogen and oxygen atoms in total. The Morgan fingerprint density at radius 2 is 2.35 bits per heavy atom. The van der Waals surface area contributed by atoms with Crippen LogP contribution in [0.25, 0.3) is 0 Å². The Hall–Kier alpha value is -1.42. The number of hydrogen-bond acceptors (Lipinski definition) is 6. The molecule has 1 aliphatic heterocycles. The van der Waals surface area contributed by atoms with Gasteiger partial charge >= 0.3 is 11.2 Å². The summed E-state index contributed by atoms with van der Waals surface area (Å²) in [6.07, 6.45) is -2.33. The van der Waals surface area contributed by atoms with E-state index in [-0.39, 0.29) is 10.9 Å². The van der Waals surface area contributed by atoms with Gasteiger partial charge in [0.1, 0.15) is 6.20 Å². The number of aromatic nitrogens is 1. The second-order valence-electron chi connectivity index (χ2n) is 4.65. The first kappa shape index (κ1) is 15.0. The maximum absolute atomic E-state index is 12.2. The number of nitro groups is 1. The number of nitrogens with one attached hydrogen (secondary N) is 1. The molecule has 1 unspecified atom stereocenters. The first-order valence-corrected chi connectivity index (χ1v) is 6.78. The average molecular weight is 310 g/mol. The Kier molecular flexibility index (Phi) is 4.43. The summed E-state index contributed by atoms with van der Waals surface area (Å²) in [5.41, 5.74) is 0. The van der Waals surface area contributed by atoms with E-state index in [4.69, 9.17) is 0 Å². The van der Waals surface area contributed by atoms with Crippen molar-refractivity contribution < 1.29 is 18.1 Å². The molecule has 1 saturated heterocycles. The van der Waals surface area contributed by atoms with Crippen molar-refractivity contribution >= 4 is 21.5 Å². The highest BCUT2D eigenvalue weighted by molar-refractivity contribution is 7.18. The van der Waals surface area contributed by atoms with Crippen molar-refractivity contribution in [2.75, 3.05) is 31.5 Å². The number of anilines is 1. The molecule has 0 amide bonds. The molecule has 1 aromatic heterocycles. The van der Waals surface area contributed by atoms with Gasteiger partial charge in [-0.05, 0) is 30.2 Å². The number of alkyl halides is 3. The molecule has 2 rings (SSSR count). The topological polar surface area (TPSA) is 71.3 Å². The highest BCUT2D eigenvalue weighted by atomic mass is 32.1. The summed E-state index contributed by atoms with van der Waals surface area (Å²) >= 11 is 0.920. The highest BCUT2D eigenvalue weighted by Gasteiger charge is 2.34. The Bertz CT molecular complexity index is 479. The molecular weight excluding hydrogens is 297 g/mol. The van der Waals surface area contributed by atoms with E-state index in [0.717, 1.165) is 17.5 Å². The second kappa shape index (κ2) is 5.92. The van der Waals surface area contributed by atoms with Crippen LogP contribution in [0.2, 0.25) is 0 Å². The minimum absolute atomic E-state index is 0.0578. The summed E-state index contributed by atoms with van der Waals surface area (Å²) < 4.78 is 36.7. The van der Waals surface area contributed by atoms with Crippen LogP contribution in [0.3, 0.4) is 0 Å². The van der Waals surface area contributed by atoms with Crippen LogP contribution in [-0.2, 0) is 0 Å². The molecule has 0 radical (unpaired) electrons. The van der Waals surface area contributed by atoms with Crippen LogP contribution in [0.15, 0.2) is 6.20 Å². The van der Waals surface area contributed by atoms with Crippen molar-refractivity contribution in [2.45, 2.75) is 12.6 Å². The third-order valence-electron chi connectivity index (χ3n) is 2.99. The second-order valence-corrected chi connectivity index (χ2v) is 5.66. The predicted molar refractivity (Wildman–Crippen MR) is 67.9 cm³/mol. The lowest BCUT2D eigenvalue weighted by molar-refractivity contribution is -0.380. The average Bonchev–Trinajstić information content (AvgIpc) is 2.92. The van der Waals surface area contributed by atoms with Gasteiger partial charge in [0.25, 0.3) is 0 Å². The van der Waals surface area contributed by atoms with Crippen molar-refractivity contribution in [3.05, 3.63) is 16.3 Å². The van der Waals surface area contributed by atoms with Gasteiger partial charge in [0.05, 0.1) is 11.5 Å². The SMILES string of the molecule is O=[N+]([O-])c1cnc(NCC2CCN(CC(F)(F)F)C2)s1. The molecule has 20 heavy (non-hydrogen) atoms. The quantitative estimate of drug-likeness (QED) is 0.667. The van der Waals surface area contributed by atoms with Gasteiger partial charge in [0, 0.05) is 13.1 Å². The summed E-state index contributed by atoms with van der Waals surface area (Å²) in [4.78, 5) is 15.2. The van der Waals surface area contributed by atoms with Gasteiger partial charge in [-0.2, -0.15) is 13.2 Å². The monoisotopic (exact) mass is 310 g/mol. The summed E-state index contributed by atoms with van der Waals surface area (Å²) in [6.45, 7) is 0.384. The standard InChI is InChI=1S/C10H13F3N4O2S/c11-10(12,13)6-16-2-1-7(5-16)3-14-9-15-4-8(20-9)17(18)19/h4,7H,1-3,5-6H2,(H,14,15). The Labute approximate surface area is 116 Å². The van der Waals surface area contributed by atoms with Gasteiger partial charge in [-0.3, -0.25) is 15.0 Å². The molecule has 1 N–H and O–H groups in total. The zero-order valence-electron chi connectivity index (χ0n) is 10.4. The normalized spacial score (nSPS) is 20.2. The summed E-state index contributed by atoms with van der Waals surface area (Å²) in [5.74, 6) is 0.0975. The number of likely N-dealkylation sites (tertiary alicyclic amines) is 1. The van der Waals surface area contributed by atoms with Crippen LogP contribution in [0.4, 0.5) is 23.3 Å². The van der Waals surface area contributed by atoms with E-state index in [1.807, 2.05) is 0 Å². The van der Waals surface area contributed by atoms with Gasteiger partial charge in [-0.1, -0.05) is 0 Å². The molecule has 10 heteroatoms. The highest BCUT2D eigenvalue weighted by Crippen LogP contribution is 2.26. The minimum Gasteiger partial charge on any atom is -0.361 e. The lowest BCUT2D eigenvalue weighted by Gasteiger charge is -2.17. The number of nitrogens with zero attached hydrogens (tertiary/aromatic N) is 3. The number of thiazole rings is 1. The zero-order chi connectivity index (χ0) is 14.8. The summed E-state index contributed by atoms with van der Waals surface area (Å²) in [5, 5.41) is 13.8. The Morgan fingerprint density at radius 1 is 1.60 bits per heavy atom. The third kappa shape index (κ3) is 4.30. The van der Waals surface area contributed by atoms with Gasteiger partial charge in [0.15, 0.2) is 5.13 Å². The summed E-state index contributed by atoms with van der Waals surface area (Å²) in [6, 6.07) is 0. The predicted octanol–water partition coefficient (Wildman–Crippen LogP) is 2.35. The fourth-order valence-corrected chi connectivity index (χ4v) is 2.78. The largest absolute Gasteiger partial charge is 0.401 e. The number of rotatable bonds is 5. The van der Waals surface area contributed by atoms with Gasteiger partial charge in [0.2, 0.25) is 0 Å². The van der Waals surface area contributed by atoms with Gasteiger partial charge in [-0.15, -0.1) is 0 Å². The molecule has 0 saturated carbocycles. The van der Waals surface area contributed by atoms with E-state index in [2.05, 4.69) is 10.3 Å². The smallest absolute Gasteiger partial charge is 0.361 e. The van der Waals surface area contributed by atoms with E-state index in [9.17, 15) is 23.3 Å². The van der Waals surface area contributed by atoms with E-state index >= 15 is 0 Å². The van der Waals surface area contributed by atoms with E-state index in [0.29, 0.717) is 31.2 Å². The Balaban J connectivity index is 1.76. The van der Waals surface area contributed by atoms with Crippen LogP contribution in [-0.4, -0.2) is 47.2 Å². The van der Waals surface area contributed by atoms with Crippen LogP contribution < -0.4 is 5.32 Å². The van der Waals surface area contributed by atoms with E-state index < -0.39 is 17.6 Å². The van der Waals surface area contributed by atoms with Crippen LogP contribution in [0, 0.1) is 16.0 Å². The lowest BCUT2D eigenvalue weighted by atomic mass is 10.1. The van der Waals surface area contributed by atoms with Crippen LogP contribution in [0.5, 0.6) is 0 Å². The first-order valence-electron chi connectivity index (χ1n) is 5.96. The molecular formula is C10H13F3N4O2S. The molecule has 1 aromatic rings. The van der Waals surface area contributed by atoms with Crippen LogP contribution >= 0.6 is 11.3 Å². The maximum atomic E-state index is 12.2. The maximum Gasteiger partial charge on any atom is 0.401 e. The lowest BCUT2D eigenvalue weighted by Crippen LogP contribution is -2.33. The van der Waals surface area contributed by atoms with E-state index in [1.54, 1.807) is 0 Å². The minimum atomic E-state index is -4.17. The van der Waals surface area contributed by atoms with Gasteiger partial charge in [-0.25, -0.2) is 4.98 Å². The fraction of sp³-hybridized carbons (Fsp3) is 0.700. The number of hydrogen-bond donors (Lipinski definition) is 1. The molecule has 1 aliphatic rings. The number of halogens is 3. The summed E-state index contributed by atoms with van der Waals surface area (Å²) in [7, 11) is 0. The molecule has 2 heterocycles. The fourth-order valence-electron chi connectivity index (χ4n) is 2.14. The molecule has 0 spiro atoms. The molecule has 0 aliphatic carbocycles. The zero-order valence-corrected chi connectivity index (χ0v) is 11.2. The van der Waals surface area contributed by atoms with Crippen molar-refractivity contribution in [1.29, 1.82) is 0 Å². The molecule has 112 valence electrons. The van der Waals surface area contributed by atoms with Crippen molar-refractivity contribution in [1.82, 2.24) is 9.88 Å². The van der Waals surface area contributed by atoms with Crippen molar-refractivity contribution in [3.63, 3.8) is 0 Å². The van der Waals surface area contributed by atoms with Crippen LogP contribution in [0.1, 0.15) is 6.42 Å². The Morgan fingerprint density at radius 3 is 2.95 bits per heavy atom. The molecule has 0 bridgehead atoms. The van der Waals surface area contributed by atoms with E-state index in [1.165, 1.54) is 4.90 Å². The van der Waals surface area contributed by atoms with Crippen molar-refractivity contribution in [2.24, 2.45) is 5.92 Å². The molecule has 1 fully saturated rings. The van der Waals surface area contributed by atoms with Gasteiger partial charge < -0.3 is 5.32 Å². The molecule has 0 aromatic carbocycles. The third-order valence-corrected chi connectivity index (χ3v) is 3.89.